The topological polar surface area (TPSA) is 58.6 Å². The molecule has 3 aromatic carbocycles. The SMILES string of the molecule is COc1ccc(CSCC(=O)N(Cc2ccc(C)cc2)[C@@H](Cc2ccccc2)C(=O)NC(C)C)cc1. The molecule has 36 heavy (non-hydrogen) atoms. The summed E-state index contributed by atoms with van der Waals surface area (Å²) in [7, 11) is 1.65. The summed E-state index contributed by atoms with van der Waals surface area (Å²) in [5, 5.41) is 3.03. The van der Waals surface area contributed by atoms with Crippen molar-refractivity contribution in [1.82, 2.24) is 10.2 Å². The summed E-state index contributed by atoms with van der Waals surface area (Å²) >= 11 is 1.55. The fourth-order valence-corrected chi connectivity index (χ4v) is 4.76. The van der Waals surface area contributed by atoms with Crippen LogP contribution in [0.2, 0.25) is 0 Å². The normalized spacial score (nSPS) is 11.7. The van der Waals surface area contributed by atoms with Crippen LogP contribution in [0.15, 0.2) is 78.9 Å². The molecule has 6 heteroatoms. The largest absolute Gasteiger partial charge is 0.497 e. The van der Waals surface area contributed by atoms with Gasteiger partial charge in [-0.25, -0.2) is 0 Å². The number of benzene rings is 3. The molecular formula is C30H36N2O3S. The third-order valence-corrected chi connectivity index (χ3v) is 6.82. The predicted octanol–water partition coefficient (Wildman–Crippen LogP) is 5.40. The summed E-state index contributed by atoms with van der Waals surface area (Å²) in [5.41, 5.74) is 4.31. The van der Waals surface area contributed by atoms with Crippen molar-refractivity contribution in [2.45, 2.75) is 51.6 Å². The number of aryl methyl sites for hydroxylation is 1. The highest BCUT2D eigenvalue weighted by molar-refractivity contribution is 7.99. The Kier molecular flexibility index (Phi) is 10.4. The van der Waals surface area contributed by atoms with Crippen LogP contribution < -0.4 is 10.1 Å². The summed E-state index contributed by atoms with van der Waals surface area (Å²) in [5.74, 6) is 1.63. The number of thioether (sulfide) groups is 1. The van der Waals surface area contributed by atoms with Gasteiger partial charge in [-0.3, -0.25) is 9.59 Å². The molecule has 0 heterocycles. The molecule has 0 aliphatic heterocycles. The molecule has 3 rings (SSSR count). The van der Waals surface area contributed by atoms with Crippen molar-refractivity contribution in [2.75, 3.05) is 12.9 Å². The molecule has 2 amide bonds. The van der Waals surface area contributed by atoms with Crippen molar-refractivity contribution in [3.05, 3.63) is 101 Å². The number of methoxy groups -OCH3 is 1. The highest BCUT2D eigenvalue weighted by Crippen LogP contribution is 2.20. The summed E-state index contributed by atoms with van der Waals surface area (Å²) in [6.45, 7) is 6.30. The first-order valence-electron chi connectivity index (χ1n) is 12.3. The Bertz CT molecular complexity index is 1100. The van der Waals surface area contributed by atoms with E-state index in [1.165, 1.54) is 0 Å². The maximum Gasteiger partial charge on any atom is 0.243 e. The van der Waals surface area contributed by atoms with Gasteiger partial charge in [-0.1, -0.05) is 72.3 Å². The second-order valence-corrected chi connectivity index (χ2v) is 10.2. The number of hydrogen-bond donors (Lipinski definition) is 1. The Balaban J connectivity index is 1.81. The fourth-order valence-electron chi connectivity index (χ4n) is 3.89. The van der Waals surface area contributed by atoms with Crippen LogP contribution in [0.5, 0.6) is 5.75 Å². The van der Waals surface area contributed by atoms with E-state index in [9.17, 15) is 9.59 Å². The molecule has 0 aliphatic rings. The molecular weight excluding hydrogens is 468 g/mol. The van der Waals surface area contributed by atoms with Crippen LogP contribution >= 0.6 is 11.8 Å². The van der Waals surface area contributed by atoms with Crippen molar-refractivity contribution in [1.29, 1.82) is 0 Å². The number of nitrogens with one attached hydrogen (secondary N) is 1. The third-order valence-electron chi connectivity index (χ3n) is 5.83. The zero-order valence-corrected chi connectivity index (χ0v) is 22.4. The monoisotopic (exact) mass is 504 g/mol. The number of carbonyl (C=O) groups is 2. The molecule has 0 unspecified atom stereocenters. The smallest absolute Gasteiger partial charge is 0.243 e. The lowest BCUT2D eigenvalue weighted by Gasteiger charge is -2.32. The van der Waals surface area contributed by atoms with E-state index in [1.807, 2.05) is 99.6 Å². The molecule has 0 bridgehead atoms. The molecule has 0 spiro atoms. The standard InChI is InChI=1S/C30H36N2O3S/c1-22(2)31-30(34)28(18-24-8-6-5-7-9-24)32(19-25-12-10-23(3)11-13-25)29(33)21-36-20-26-14-16-27(35-4)17-15-26/h5-17,22,28H,18-21H2,1-4H3,(H,31,34)/t28-/m0/s1. The van der Waals surface area contributed by atoms with Gasteiger partial charge in [0.25, 0.3) is 0 Å². The van der Waals surface area contributed by atoms with Crippen LogP contribution in [-0.2, 0) is 28.3 Å². The third kappa shape index (κ3) is 8.45. The average Bonchev–Trinajstić information content (AvgIpc) is 2.87. The Morgan fingerprint density at radius 3 is 2.14 bits per heavy atom. The minimum absolute atomic E-state index is 0.0171. The molecule has 3 aromatic rings. The summed E-state index contributed by atoms with van der Waals surface area (Å²) in [6.07, 6.45) is 0.458. The molecule has 0 saturated carbocycles. The van der Waals surface area contributed by atoms with Crippen molar-refractivity contribution in [3.8, 4) is 5.75 Å². The summed E-state index contributed by atoms with van der Waals surface area (Å²) in [6, 6.07) is 25.3. The summed E-state index contributed by atoms with van der Waals surface area (Å²) < 4.78 is 5.23. The zero-order chi connectivity index (χ0) is 25.9. The van der Waals surface area contributed by atoms with Crippen LogP contribution in [0, 0.1) is 6.92 Å². The van der Waals surface area contributed by atoms with Crippen LogP contribution in [-0.4, -0.2) is 41.7 Å². The minimum atomic E-state index is -0.606. The number of hydrogen-bond acceptors (Lipinski definition) is 4. The molecule has 0 radical (unpaired) electrons. The molecule has 0 aromatic heterocycles. The van der Waals surface area contributed by atoms with E-state index in [2.05, 4.69) is 5.32 Å². The number of carbonyl (C=O) groups excluding carboxylic acids is 2. The van der Waals surface area contributed by atoms with E-state index >= 15 is 0 Å². The fraction of sp³-hybridized carbons (Fsp3) is 0.333. The second-order valence-electron chi connectivity index (χ2n) is 9.22. The van der Waals surface area contributed by atoms with Gasteiger partial charge < -0.3 is 15.0 Å². The quantitative estimate of drug-likeness (QED) is 0.359. The van der Waals surface area contributed by atoms with E-state index < -0.39 is 6.04 Å². The number of amides is 2. The van der Waals surface area contributed by atoms with Gasteiger partial charge in [0, 0.05) is 24.8 Å². The van der Waals surface area contributed by atoms with E-state index in [0.29, 0.717) is 18.7 Å². The van der Waals surface area contributed by atoms with Gasteiger partial charge in [0.1, 0.15) is 11.8 Å². The lowest BCUT2D eigenvalue weighted by atomic mass is 10.0. The van der Waals surface area contributed by atoms with Crippen molar-refractivity contribution >= 4 is 23.6 Å². The van der Waals surface area contributed by atoms with E-state index in [1.54, 1.807) is 23.8 Å². The highest BCUT2D eigenvalue weighted by Gasteiger charge is 2.30. The van der Waals surface area contributed by atoms with E-state index in [4.69, 9.17) is 4.74 Å². The van der Waals surface area contributed by atoms with Gasteiger partial charge in [0.2, 0.25) is 11.8 Å². The first-order chi connectivity index (χ1) is 17.4. The van der Waals surface area contributed by atoms with Gasteiger partial charge in [-0.05, 0) is 49.6 Å². The number of nitrogens with zero attached hydrogens (tertiary/aromatic N) is 1. The molecule has 1 N–H and O–H groups in total. The van der Waals surface area contributed by atoms with Crippen LogP contribution in [0.25, 0.3) is 0 Å². The van der Waals surface area contributed by atoms with Crippen molar-refractivity contribution in [2.24, 2.45) is 0 Å². The zero-order valence-electron chi connectivity index (χ0n) is 21.6. The van der Waals surface area contributed by atoms with Gasteiger partial charge in [0.15, 0.2) is 0 Å². The average molecular weight is 505 g/mol. The lowest BCUT2D eigenvalue weighted by molar-refractivity contribution is -0.139. The van der Waals surface area contributed by atoms with Gasteiger partial charge in [-0.15, -0.1) is 11.8 Å². The Morgan fingerprint density at radius 2 is 1.53 bits per heavy atom. The van der Waals surface area contributed by atoms with E-state index in [-0.39, 0.29) is 23.6 Å². The molecule has 0 fully saturated rings. The maximum atomic E-state index is 13.6. The Labute approximate surface area is 219 Å². The Morgan fingerprint density at radius 1 is 0.889 bits per heavy atom. The van der Waals surface area contributed by atoms with Crippen LogP contribution in [0.3, 0.4) is 0 Å². The second kappa shape index (κ2) is 13.7. The lowest BCUT2D eigenvalue weighted by Crippen LogP contribution is -2.52. The van der Waals surface area contributed by atoms with Crippen molar-refractivity contribution in [3.63, 3.8) is 0 Å². The Hall–Kier alpha value is -3.25. The molecule has 1 atom stereocenters. The van der Waals surface area contributed by atoms with Crippen LogP contribution in [0.4, 0.5) is 0 Å². The van der Waals surface area contributed by atoms with Crippen molar-refractivity contribution < 1.29 is 14.3 Å². The number of rotatable bonds is 12. The van der Waals surface area contributed by atoms with Gasteiger partial charge >= 0.3 is 0 Å². The number of ether oxygens (including phenoxy) is 1. The molecule has 0 aliphatic carbocycles. The van der Waals surface area contributed by atoms with Gasteiger partial charge in [0.05, 0.1) is 12.9 Å². The highest BCUT2D eigenvalue weighted by atomic mass is 32.2. The predicted molar refractivity (Wildman–Crippen MR) is 148 cm³/mol. The van der Waals surface area contributed by atoms with Crippen LogP contribution in [0.1, 0.15) is 36.1 Å². The van der Waals surface area contributed by atoms with Gasteiger partial charge in [-0.2, -0.15) is 0 Å². The molecule has 0 saturated heterocycles. The maximum absolute atomic E-state index is 13.6. The minimum Gasteiger partial charge on any atom is -0.497 e. The first-order valence-corrected chi connectivity index (χ1v) is 13.4. The first kappa shape index (κ1) is 27.3. The molecule has 5 nitrogen and oxygen atoms in total. The van der Waals surface area contributed by atoms with E-state index in [0.717, 1.165) is 28.0 Å². The summed E-state index contributed by atoms with van der Waals surface area (Å²) in [4.78, 5) is 28.8. The molecule has 190 valence electrons.